The molecule has 2 rings (SSSR count). The summed E-state index contributed by atoms with van der Waals surface area (Å²) in [6.07, 6.45) is 1.96. The highest BCUT2D eigenvalue weighted by Crippen LogP contribution is 2.43. The van der Waals surface area contributed by atoms with Crippen LogP contribution in [0.25, 0.3) is 0 Å². The monoisotopic (exact) mass is 224 g/mol. The lowest BCUT2D eigenvalue weighted by Gasteiger charge is -2.23. The van der Waals surface area contributed by atoms with E-state index in [0.717, 1.165) is 18.4 Å². The fraction of sp³-hybridized carbons (Fsp3) is 0.500. The molecule has 0 bridgehead atoms. The minimum absolute atomic E-state index is 0.00732. The van der Waals surface area contributed by atoms with E-state index in [4.69, 9.17) is 10.5 Å². The number of rotatable bonds is 4. The number of nitrogens with two attached hydrogens (primary N) is 1. The third kappa shape index (κ3) is 1.90. The van der Waals surface area contributed by atoms with Crippen molar-refractivity contribution in [3.8, 4) is 5.75 Å². The van der Waals surface area contributed by atoms with Gasteiger partial charge in [-0.05, 0) is 37.6 Å². The average molecular weight is 224 g/mol. The maximum absolute atomic E-state index is 13.6. The van der Waals surface area contributed by atoms with Crippen molar-refractivity contribution in [2.75, 3.05) is 14.2 Å². The number of likely N-dealkylation sites (N-methyl/N-ethyl adjacent to an activating group) is 1. The van der Waals surface area contributed by atoms with E-state index in [2.05, 4.69) is 5.32 Å². The lowest BCUT2D eigenvalue weighted by molar-refractivity contribution is 0.384. The van der Waals surface area contributed by atoms with E-state index in [1.54, 1.807) is 6.07 Å². The molecule has 1 fully saturated rings. The van der Waals surface area contributed by atoms with Gasteiger partial charge >= 0.3 is 0 Å². The summed E-state index contributed by atoms with van der Waals surface area (Å²) in [5, 5.41) is 3.15. The first-order valence-electron chi connectivity index (χ1n) is 5.40. The van der Waals surface area contributed by atoms with Gasteiger partial charge in [-0.25, -0.2) is 4.39 Å². The summed E-state index contributed by atoms with van der Waals surface area (Å²) >= 11 is 0. The number of hydrogen-bond acceptors (Lipinski definition) is 3. The van der Waals surface area contributed by atoms with E-state index in [0.29, 0.717) is 0 Å². The van der Waals surface area contributed by atoms with E-state index in [9.17, 15) is 4.39 Å². The van der Waals surface area contributed by atoms with E-state index in [-0.39, 0.29) is 23.1 Å². The average Bonchev–Trinajstić information content (AvgIpc) is 2.98. The number of hydrogen-bond donors (Lipinski definition) is 2. The van der Waals surface area contributed by atoms with Gasteiger partial charge in [-0.15, -0.1) is 0 Å². The van der Waals surface area contributed by atoms with Gasteiger partial charge in [-0.2, -0.15) is 0 Å². The molecule has 4 heteroatoms. The van der Waals surface area contributed by atoms with Crippen LogP contribution < -0.4 is 15.8 Å². The number of nitrogens with one attached hydrogen (secondary N) is 1. The lowest BCUT2D eigenvalue weighted by Crippen LogP contribution is -2.38. The molecule has 0 amide bonds. The first kappa shape index (κ1) is 11.4. The Hall–Kier alpha value is -1.13. The van der Waals surface area contributed by atoms with Crippen molar-refractivity contribution in [1.82, 2.24) is 5.32 Å². The molecule has 0 aromatic heterocycles. The Morgan fingerprint density at radius 3 is 2.62 bits per heavy atom. The minimum Gasteiger partial charge on any atom is -0.494 e. The zero-order valence-electron chi connectivity index (χ0n) is 9.59. The number of methoxy groups -OCH3 is 1. The molecular weight excluding hydrogens is 207 g/mol. The summed E-state index contributed by atoms with van der Waals surface area (Å²) in [5.74, 6) is -0.0787. The van der Waals surface area contributed by atoms with Crippen LogP contribution >= 0.6 is 0 Å². The van der Waals surface area contributed by atoms with Crippen LogP contribution in [0.5, 0.6) is 5.75 Å². The zero-order chi connectivity index (χ0) is 11.8. The summed E-state index contributed by atoms with van der Waals surface area (Å²) in [6, 6.07) is 5.00. The van der Waals surface area contributed by atoms with Gasteiger partial charge in [-0.1, -0.05) is 6.07 Å². The van der Waals surface area contributed by atoms with Gasteiger partial charge in [0.25, 0.3) is 0 Å². The molecule has 1 atom stereocenters. The van der Waals surface area contributed by atoms with Crippen LogP contribution in [0.2, 0.25) is 0 Å². The molecule has 0 aliphatic heterocycles. The van der Waals surface area contributed by atoms with Crippen LogP contribution in [0.15, 0.2) is 18.2 Å². The van der Waals surface area contributed by atoms with Crippen molar-refractivity contribution in [3.63, 3.8) is 0 Å². The van der Waals surface area contributed by atoms with Gasteiger partial charge in [0, 0.05) is 5.54 Å². The van der Waals surface area contributed by atoms with Gasteiger partial charge in [-0.3, -0.25) is 0 Å². The van der Waals surface area contributed by atoms with Crippen LogP contribution in [0.3, 0.4) is 0 Å². The first-order valence-corrected chi connectivity index (χ1v) is 5.40. The van der Waals surface area contributed by atoms with E-state index in [1.807, 2.05) is 13.1 Å². The van der Waals surface area contributed by atoms with Crippen molar-refractivity contribution < 1.29 is 9.13 Å². The van der Waals surface area contributed by atoms with Crippen molar-refractivity contribution in [1.29, 1.82) is 0 Å². The van der Waals surface area contributed by atoms with Crippen LogP contribution in [0.4, 0.5) is 4.39 Å². The van der Waals surface area contributed by atoms with Gasteiger partial charge in [0.2, 0.25) is 0 Å². The SMILES string of the molecule is CNC(c1ccc(OC)c(F)c1)C1(N)CC1. The third-order valence-electron chi connectivity index (χ3n) is 3.20. The molecule has 0 heterocycles. The minimum atomic E-state index is -0.343. The molecule has 1 unspecified atom stereocenters. The first-order chi connectivity index (χ1) is 7.60. The van der Waals surface area contributed by atoms with Crippen LogP contribution in [0, 0.1) is 5.82 Å². The summed E-state index contributed by atoms with van der Waals surface area (Å²) < 4.78 is 18.5. The standard InChI is InChI=1S/C12H17FN2O/c1-15-11(12(14)5-6-12)8-3-4-10(16-2)9(13)7-8/h3-4,7,11,15H,5-6,14H2,1-2H3. The molecule has 0 saturated heterocycles. The second kappa shape index (κ2) is 4.03. The number of halogens is 1. The molecule has 88 valence electrons. The Morgan fingerprint density at radius 1 is 1.50 bits per heavy atom. The van der Waals surface area contributed by atoms with E-state index < -0.39 is 0 Å². The highest BCUT2D eigenvalue weighted by atomic mass is 19.1. The summed E-state index contributed by atoms with van der Waals surface area (Å²) in [5.41, 5.74) is 6.80. The molecule has 1 aliphatic carbocycles. The van der Waals surface area contributed by atoms with Gasteiger partial charge in [0.05, 0.1) is 13.2 Å². The van der Waals surface area contributed by atoms with Gasteiger partial charge in [0.1, 0.15) is 0 Å². The predicted molar refractivity (Wildman–Crippen MR) is 60.9 cm³/mol. The summed E-state index contributed by atoms with van der Waals surface area (Å²) in [6.45, 7) is 0. The van der Waals surface area contributed by atoms with Crippen LogP contribution in [0.1, 0.15) is 24.4 Å². The second-order valence-corrected chi connectivity index (χ2v) is 4.35. The molecule has 0 spiro atoms. The summed E-state index contributed by atoms with van der Waals surface area (Å²) in [7, 11) is 3.30. The van der Waals surface area contributed by atoms with Crippen molar-refractivity contribution in [3.05, 3.63) is 29.6 Å². The third-order valence-corrected chi connectivity index (χ3v) is 3.20. The smallest absolute Gasteiger partial charge is 0.165 e. The van der Waals surface area contributed by atoms with Crippen molar-refractivity contribution in [2.24, 2.45) is 5.73 Å². The highest BCUT2D eigenvalue weighted by Gasteiger charge is 2.45. The lowest BCUT2D eigenvalue weighted by atomic mass is 9.98. The van der Waals surface area contributed by atoms with Gasteiger partial charge < -0.3 is 15.8 Å². The molecule has 1 aromatic rings. The van der Waals surface area contributed by atoms with Crippen LogP contribution in [-0.4, -0.2) is 19.7 Å². The number of benzene rings is 1. The predicted octanol–water partition coefficient (Wildman–Crippen LogP) is 1.59. The molecule has 1 saturated carbocycles. The Morgan fingerprint density at radius 2 is 2.19 bits per heavy atom. The largest absolute Gasteiger partial charge is 0.494 e. The fourth-order valence-corrected chi connectivity index (χ4v) is 2.08. The Bertz CT molecular complexity index is 391. The van der Waals surface area contributed by atoms with E-state index >= 15 is 0 Å². The molecule has 3 nitrogen and oxygen atoms in total. The highest BCUT2D eigenvalue weighted by molar-refractivity contribution is 5.34. The topological polar surface area (TPSA) is 47.3 Å². The maximum Gasteiger partial charge on any atom is 0.165 e. The van der Waals surface area contributed by atoms with Crippen molar-refractivity contribution >= 4 is 0 Å². The fourth-order valence-electron chi connectivity index (χ4n) is 2.08. The molecule has 16 heavy (non-hydrogen) atoms. The molecule has 0 radical (unpaired) electrons. The Balaban J connectivity index is 2.29. The Kier molecular flexibility index (Phi) is 2.86. The zero-order valence-corrected chi connectivity index (χ0v) is 9.59. The maximum atomic E-state index is 13.6. The van der Waals surface area contributed by atoms with E-state index in [1.165, 1.54) is 13.2 Å². The molecule has 1 aromatic carbocycles. The second-order valence-electron chi connectivity index (χ2n) is 4.35. The normalized spacial score (nSPS) is 19.2. The number of ether oxygens (including phenoxy) is 1. The molecule has 1 aliphatic rings. The van der Waals surface area contributed by atoms with Crippen molar-refractivity contribution in [2.45, 2.75) is 24.4 Å². The van der Waals surface area contributed by atoms with Gasteiger partial charge in [0.15, 0.2) is 11.6 Å². The summed E-state index contributed by atoms with van der Waals surface area (Å²) in [4.78, 5) is 0. The van der Waals surface area contributed by atoms with Crippen LogP contribution in [-0.2, 0) is 0 Å². The molecular formula is C12H17FN2O. The Labute approximate surface area is 94.8 Å². The quantitative estimate of drug-likeness (QED) is 0.816. The molecule has 3 N–H and O–H groups in total.